The lowest BCUT2D eigenvalue weighted by molar-refractivity contribution is 0.00776. The minimum absolute atomic E-state index is 0.199. The summed E-state index contributed by atoms with van der Waals surface area (Å²) in [6.07, 6.45) is 0. The first-order chi connectivity index (χ1) is 9.90. The van der Waals surface area contributed by atoms with Crippen molar-refractivity contribution in [2.45, 2.75) is 31.0 Å². The van der Waals surface area contributed by atoms with Gasteiger partial charge in [0.15, 0.2) is 0 Å². The number of hydrogen-bond acceptors (Lipinski definition) is 5. The molecule has 0 saturated carbocycles. The number of hydrogen-bond donors (Lipinski definition) is 1. The molecule has 0 bridgehead atoms. The molecule has 2 rings (SSSR count). The lowest BCUT2D eigenvalue weighted by Crippen LogP contribution is -2.51. The van der Waals surface area contributed by atoms with E-state index in [2.05, 4.69) is 23.5 Å². The molecule has 0 radical (unpaired) electrons. The molecule has 1 aromatic rings. The normalized spacial score (nSPS) is 19.0. The van der Waals surface area contributed by atoms with Crippen LogP contribution in [0.3, 0.4) is 0 Å². The Morgan fingerprint density at radius 2 is 2.00 bits per heavy atom. The summed E-state index contributed by atoms with van der Waals surface area (Å²) in [5, 5.41) is 0. The van der Waals surface area contributed by atoms with Gasteiger partial charge in [-0.1, -0.05) is 13.8 Å². The number of nitrogens with one attached hydrogen (secondary N) is 1. The van der Waals surface area contributed by atoms with Crippen molar-refractivity contribution in [3.63, 3.8) is 0 Å². The molecule has 2 heterocycles. The van der Waals surface area contributed by atoms with Crippen LogP contribution in [0.15, 0.2) is 16.3 Å². The van der Waals surface area contributed by atoms with Crippen LogP contribution < -0.4 is 4.72 Å². The highest BCUT2D eigenvalue weighted by atomic mass is 32.2. The van der Waals surface area contributed by atoms with Gasteiger partial charge in [0.2, 0.25) is 10.0 Å². The second-order valence-corrected chi connectivity index (χ2v) is 8.96. The lowest BCUT2D eigenvalue weighted by atomic mass is 10.0. The molecule has 0 spiro atoms. The molecule has 5 nitrogen and oxygen atoms in total. The zero-order valence-corrected chi connectivity index (χ0v) is 14.5. The Labute approximate surface area is 131 Å². The van der Waals surface area contributed by atoms with Gasteiger partial charge in [0, 0.05) is 30.6 Å². The lowest BCUT2D eigenvalue weighted by Gasteiger charge is -2.36. The summed E-state index contributed by atoms with van der Waals surface area (Å²) in [4.78, 5) is 3.32. The number of sulfonamides is 1. The van der Waals surface area contributed by atoms with Crippen molar-refractivity contribution in [3.8, 4) is 0 Å². The van der Waals surface area contributed by atoms with Gasteiger partial charge >= 0.3 is 0 Å². The molecule has 1 fully saturated rings. The Balaban J connectivity index is 2.01. The van der Waals surface area contributed by atoms with E-state index in [0.717, 1.165) is 31.2 Å². The second-order valence-electron chi connectivity index (χ2n) is 5.68. The van der Waals surface area contributed by atoms with Crippen LogP contribution in [0.4, 0.5) is 0 Å². The van der Waals surface area contributed by atoms with Gasteiger partial charge in [0.1, 0.15) is 4.21 Å². The van der Waals surface area contributed by atoms with Gasteiger partial charge in [-0.2, -0.15) is 0 Å². The highest BCUT2D eigenvalue weighted by Gasteiger charge is 2.26. The average Bonchev–Trinajstić information content (AvgIpc) is 2.87. The van der Waals surface area contributed by atoms with Gasteiger partial charge in [-0.05, 0) is 25.0 Å². The quantitative estimate of drug-likeness (QED) is 0.861. The zero-order valence-electron chi connectivity index (χ0n) is 12.8. The maximum Gasteiger partial charge on any atom is 0.250 e. The summed E-state index contributed by atoms with van der Waals surface area (Å²) in [5.74, 6) is 0.385. The maximum atomic E-state index is 12.3. The molecule has 21 heavy (non-hydrogen) atoms. The monoisotopic (exact) mass is 332 g/mol. The maximum absolute atomic E-state index is 12.3. The van der Waals surface area contributed by atoms with E-state index in [1.54, 1.807) is 6.07 Å². The van der Waals surface area contributed by atoms with Crippen molar-refractivity contribution < 1.29 is 13.2 Å². The van der Waals surface area contributed by atoms with Gasteiger partial charge in [0.25, 0.3) is 0 Å². The second kappa shape index (κ2) is 7.19. The summed E-state index contributed by atoms with van der Waals surface area (Å²) in [6.45, 7) is 9.78. The molecule has 1 aliphatic heterocycles. The minimum atomic E-state index is -3.40. The third kappa shape index (κ3) is 4.50. The number of nitrogens with zero attached hydrogens (tertiary/aromatic N) is 1. The molecule has 120 valence electrons. The SMILES string of the molecule is Cc1ccc(S(=O)(=O)NCC(C(C)C)N2CCOCC2)s1. The van der Waals surface area contributed by atoms with Gasteiger partial charge in [-0.15, -0.1) is 11.3 Å². The van der Waals surface area contributed by atoms with E-state index in [1.807, 2.05) is 13.0 Å². The molecule has 1 saturated heterocycles. The Morgan fingerprint density at radius 1 is 1.33 bits per heavy atom. The molecule has 0 aliphatic carbocycles. The molecule has 1 unspecified atom stereocenters. The summed E-state index contributed by atoms with van der Waals surface area (Å²) >= 11 is 1.31. The molecular formula is C14H24N2O3S2. The van der Waals surface area contributed by atoms with Gasteiger partial charge in [-0.3, -0.25) is 4.90 Å². The summed E-state index contributed by atoms with van der Waals surface area (Å²) in [5.41, 5.74) is 0. The molecule has 7 heteroatoms. The predicted molar refractivity (Wildman–Crippen MR) is 85.3 cm³/mol. The van der Waals surface area contributed by atoms with Crippen LogP contribution in [0.1, 0.15) is 18.7 Å². The molecule has 0 aromatic carbocycles. The predicted octanol–water partition coefficient (Wildman–Crippen LogP) is 1.69. The molecular weight excluding hydrogens is 308 g/mol. The Kier molecular flexibility index (Phi) is 5.79. The van der Waals surface area contributed by atoms with Crippen LogP contribution >= 0.6 is 11.3 Å². The Morgan fingerprint density at radius 3 is 2.52 bits per heavy atom. The van der Waals surface area contributed by atoms with E-state index in [0.29, 0.717) is 16.7 Å². The Hall–Kier alpha value is -0.470. The molecule has 1 N–H and O–H groups in total. The number of aryl methyl sites for hydroxylation is 1. The van der Waals surface area contributed by atoms with Crippen molar-refractivity contribution in [2.24, 2.45) is 5.92 Å². The summed E-state index contributed by atoms with van der Waals surface area (Å²) in [7, 11) is -3.40. The van der Waals surface area contributed by atoms with Crippen LogP contribution in [0.2, 0.25) is 0 Å². The van der Waals surface area contributed by atoms with E-state index in [-0.39, 0.29) is 6.04 Å². The highest BCUT2D eigenvalue weighted by Crippen LogP contribution is 2.21. The zero-order chi connectivity index (χ0) is 15.5. The topological polar surface area (TPSA) is 58.6 Å². The van der Waals surface area contributed by atoms with Gasteiger partial charge < -0.3 is 4.74 Å². The van der Waals surface area contributed by atoms with Crippen molar-refractivity contribution in [1.29, 1.82) is 0 Å². The number of ether oxygens (including phenoxy) is 1. The van der Waals surface area contributed by atoms with E-state index < -0.39 is 10.0 Å². The van der Waals surface area contributed by atoms with E-state index in [1.165, 1.54) is 11.3 Å². The van der Waals surface area contributed by atoms with Crippen LogP contribution in [0.5, 0.6) is 0 Å². The fourth-order valence-electron chi connectivity index (χ4n) is 2.52. The van der Waals surface area contributed by atoms with Crippen molar-refractivity contribution in [2.75, 3.05) is 32.8 Å². The number of thiophene rings is 1. The first-order valence-electron chi connectivity index (χ1n) is 7.28. The minimum Gasteiger partial charge on any atom is -0.379 e. The van der Waals surface area contributed by atoms with E-state index >= 15 is 0 Å². The van der Waals surface area contributed by atoms with E-state index in [9.17, 15) is 8.42 Å². The molecule has 0 amide bonds. The summed E-state index contributed by atoms with van der Waals surface area (Å²) < 4.78 is 33.2. The van der Waals surface area contributed by atoms with E-state index in [4.69, 9.17) is 4.74 Å². The largest absolute Gasteiger partial charge is 0.379 e. The number of rotatable bonds is 6. The highest BCUT2D eigenvalue weighted by molar-refractivity contribution is 7.91. The van der Waals surface area contributed by atoms with Crippen LogP contribution in [0.25, 0.3) is 0 Å². The first kappa shape index (κ1) is 16.9. The van der Waals surface area contributed by atoms with Crippen molar-refractivity contribution >= 4 is 21.4 Å². The van der Waals surface area contributed by atoms with Crippen molar-refractivity contribution in [1.82, 2.24) is 9.62 Å². The molecule has 1 aliphatic rings. The summed E-state index contributed by atoms with van der Waals surface area (Å²) in [6, 6.07) is 3.70. The Bertz CT molecular complexity index is 548. The van der Waals surface area contributed by atoms with Crippen LogP contribution in [0, 0.1) is 12.8 Å². The van der Waals surface area contributed by atoms with Gasteiger partial charge in [-0.25, -0.2) is 13.1 Å². The molecule has 1 atom stereocenters. The molecule has 1 aromatic heterocycles. The van der Waals surface area contributed by atoms with Crippen LogP contribution in [-0.4, -0.2) is 52.2 Å². The fourth-order valence-corrected chi connectivity index (χ4v) is 4.90. The fraction of sp³-hybridized carbons (Fsp3) is 0.714. The third-order valence-electron chi connectivity index (χ3n) is 3.75. The van der Waals surface area contributed by atoms with Gasteiger partial charge in [0.05, 0.1) is 13.2 Å². The van der Waals surface area contributed by atoms with Crippen LogP contribution in [-0.2, 0) is 14.8 Å². The first-order valence-corrected chi connectivity index (χ1v) is 9.58. The standard InChI is InChI=1S/C14H24N2O3S2/c1-11(2)13(16-6-8-19-9-7-16)10-15-21(17,18)14-5-4-12(3)20-14/h4-5,11,13,15H,6-10H2,1-3H3. The van der Waals surface area contributed by atoms with Crippen molar-refractivity contribution in [3.05, 3.63) is 17.0 Å². The average molecular weight is 332 g/mol. The third-order valence-corrected chi connectivity index (χ3v) is 6.66. The number of morpholine rings is 1. The smallest absolute Gasteiger partial charge is 0.250 e.